The predicted molar refractivity (Wildman–Crippen MR) is 90.3 cm³/mol. The van der Waals surface area contributed by atoms with E-state index in [-0.39, 0.29) is 5.91 Å². The van der Waals surface area contributed by atoms with Crippen molar-refractivity contribution >= 4 is 16.9 Å². The van der Waals surface area contributed by atoms with Gasteiger partial charge in [-0.1, -0.05) is 23.8 Å². The normalized spacial score (nSPS) is 14.1. The van der Waals surface area contributed by atoms with Gasteiger partial charge in [0.2, 0.25) is 0 Å². The molecule has 0 spiro atoms. The number of amides is 1. The monoisotopic (exact) mass is 305 g/mol. The van der Waals surface area contributed by atoms with E-state index in [1.54, 1.807) is 6.33 Å². The minimum absolute atomic E-state index is 0.0868. The molecule has 4 rings (SSSR count). The molecule has 0 bridgehead atoms. The van der Waals surface area contributed by atoms with Crippen LogP contribution in [0.4, 0.5) is 0 Å². The average molecular weight is 305 g/mol. The molecule has 2 aromatic carbocycles. The van der Waals surface area contributed by atoms with E-state index in [0.717, 1.165) is 24.0 Å². The summed E-state index contributed by atoms with van der Waals surface area (Å²) < 4.78 is 1.96. The number of rotatable bonds is 1. The maximum Gasteiger partial charge on any atom is 0.254 e. The summed E-state index contributed by atoms with van der Waals surface area (Å²) in [5.41, 5.74) is 6.53. The first-order chi connectivity index (χ1) is 11.1. The molecule has 0 fully saturated rings. The van der Waals surface area contributed by atoms with Gasteiger partial charge in [0.15, 0.2) is 0 Å². The zero-order valence-electron chi connectivity index (χ0n) is 13.4. The summed E-state index contributed by atoms with van der Waals surface area (Å²) in [6.45, 7) is 3.57. The van der Waals surface area contributed by atoms with Crippen LogP contribution in [0.2, 0.25) is 0 Å². The van der Waals surface area contributed by atoms with Crippen LogP contribution in [0.1, 0.15) is 27.0 Å². The van der Waals surface area contributed by atoms with Crippen LogP contribution in [0.25, 0.3) is 11.0 Å². The third-order valence-electron chi connectivity index (χ3n) is 4.63. The standard InChI is InChI=1S/C19H19N3O/c1-13-3-4-16-11-22(8-7-14(16)9-13)19(23)15-5-6-18-17(10-15)20-12-21(18)2/h3-6,9-10,12H,7-8,11H2,1-2H3. The Balaban J connectivity index is 1.62. The van der Waals surface area contributed by atoms with E-state index >= 15 is 0 Å². The zero-order valence-corrected chi connectivity index (χ0v) is 13.4. The van der Waals surface area contributed by atoms with E-state index in [9.17, 15) is 4.79 Å². The van der Waals surface area contributed by atoms with Gasteiger partial charge in [0.05, 0.1) is 17.4 Å². The van der Waals surface area contributed by atoms with Gasteiger partial charge in [0.1, 0.15) is 0 Å². The van der Waals surface area contributed by atoms with Gasteiger partial charge in [-0.25, -0.2) is 4.98 Å². The molecule has 1 aliphatic rings. The van der Waals surface area contributed by atoms with Gasteiger partial charge < -0.3 is 9.47 Å². The molecule has 0 radical (unpaired) electrons. The molecule has 4 nitrogen and oxygen atoms in total. The first-order valence-corrected chi connectivity index (χ1v) is 7.90. The first kappa shape index (κ1) is 14.0. The van der Waals surface area contributed by atoms with Crippen LogP contribution in [0, 0.1) is 6.92 Å². The van der Waals surface area contributed by atoms with Crippen molar-refractivity contribution in [2.45, 2.75) is 19.9 Å². The van der Waals surface area contributed by atoms with E-state index in [0.29, 0.717) is 12.1 Å². The van der Waals surface area contributed by atoms with Crippen LogP contribution in [-0.2, 0) is 20.0 Å². The number of hydrogen-bond donors (Lipinski definition) is 0. The molecule has 4 heteroatoms. The fourth-order valence-electron chi connectivity index (χ4n) is 3.31. The second kappa shape index (κ2) is 5.23. The summed E-state index contributed by atoms with van der Waals surface area (Å²) in [5, 5.41) is 0. The van der Waals surface area contributed by atoms with Crippen molar-refractivity contribution in [3.05, 3.63) is 65.0 Å². The Bertz CT molecular complexity index is 910. The Hall–Kier alpha value is -2.62. The van der Waals surface area contributed by atoms with Crippen LogP contribution < -0.4 is 0 Å². The second-order valence-corrected chi connectivity index (χ2v) is 6.31. The molecular weight excluding hydrogens is 286 g/mol. The van der Waals surface area contributed by atoms with Crippen LogP contribution in [0.15, 0.2) is 42.7 Å². The molecule has 3 aromatic rings. The lowest BCUT2D eigenvalue weighted by atomic mass is 9.97. The molecule has 2 heterocycles. The number of aromatic nitrogens is 2. The van der Waals surface area contributed by atoms with Crippen molar-refractivity contribution in [3.8, 4) is 0 Å². The number of imidazole rings is 1. The molecule has 23 heavy (non-hydrogen) atoms. The zero-order chi connectivity index (χ0) is 16.0. The van der Waals surface area contributed by atoms with Crippen molar-refractivity contribution in [1.29, 1.82) is 0 Å². The molecule has 0 N–H and O–H groups in total. The van der Waals surface area contributed by atoms with E-state index in [2.05, 4.69) is 30.1 Å². The van der Waals surface area contributed by atoms with Crippen molar-refractivity contribution in [2.24, 2.45) is 7.05 Å². The maximum atomic E-state index is 12.8. The van der Waals surface area contributed by atoms with Crippen LogP contribution >= 0.6 is 0 Å². The highest BCUT2D eigenvalue weighted by molar-refractivity contribution is 5.97. The molecule has 1 aromatic heterocycles. The Morgan fingerprint density at radius 1 is 1.13 bits per heavy atom. The Kier molecular flexibility index (Phi) is 3.18. The Labute approximate surface area is 135 Å². The lowest BCUT2D eigenvalue weighted by molar-refractivity contribution is 0.0735. The first-order valence-electron chi connectivity index (χ1n) is 7.90. The Morgan fingerprint density at radius 2 is 2.00 bits per heavy atom. The molecule has 0 saturated carbocycles. The van der Waals surface area contributed by atoms with Crippen molar-refractivity contribution in [2.75, 3.05) is 6.54 Å². The molecule has 0 aliphatic carbocycles. The van der Waals surface area contributed by atoms with Gasteiger partial charge in [0, 0.05) is 25.7 Å². The van der Waals surface area contributed by atoms with E-state index in [1.165, 1.54) is 16.7 Å². The minimum atomic E-state index is 0.0868. The van der Waals surface area contributed by atoms with E-state index < -0.39 is 0 Å². The summed E-state index contributed by atoms with van der Waals surface area (Å²) in [6, 6.07) is 12.3. The fraction of sp³-hybridized carbons (Fsp3) is 0.263. The number of aryl methyl sites for hydroxylation is 2. The van der Waals surface area contributed by atoms with E-state index in [1.807, 2.05) is 34.7 Å². The van der Waals surface area contributed by atoms with Gasteiger partial charge in [0.25, 0.3) is 5.91 Å². The molecule has 116 valence electrons. The average Bonchev–Trinajstić information content (AvgIpc) is 2.94. The second-order valence-electron chi connectivity index (χ2n) is 6.31. The third-order valence-corrected chi connectivity index (χ3v) is 4.63. The summed E-state index contributed by atoms with van der Waals surface area (Å²) in [7, 11) is 1.96. The highest BCUT2D eigenvalue weighted by Gasteiger charge is 2.22. The summed E-state index contributed by atoms with van der Waals surface area (Å²) in [5.74, 6) is 0.0868. The highest BCUT2D eigenvalue weighted by atomic mass is 16.2. The third kappa shape index (κ3) is 2.40. The summed E-state index contributed by atoms with van der Waals surface area (Å²) in [4.78, 5) is 19.1. The molecule has 0 unspecified atom stereocenters. The lowest BCUT2D eigenvalue weighted by Crippen LogP contribution is -2.36. The van der Waals surface area contributed by atoms with Gasteiger partial charge in [-0.3, -0.25) is 4.79 Å². The van der Waals surface area contributed by atoms with Crippen molar-refractivity contribution in [3.63, 3.8) is 0 Å². The van der Waals surface area contributed by atoms with Gasteiger partial charge >= 0.3 is 0 Å². The summed E-state index contributed by atoms with van der Waals surface area (Å²) >= 11 is 0. The smallest absolute Gasteiger partial charge is 0.254 e. The van der Waals surface area contributed by atoms with Crippen LogP contribution in [0.5, 0.6) is 0 Å². The lowest BCUT2D eigenvalue weighted by Gasteiger charge is -2.29. The molecule has 1 aliphatic heterocycles. The Morgan fingerprint density at radius 3 is 2.87 bits per heavy atom. The molecule has 1 amide bonds. The minimum Gasteiger partial charge on any atom is -0.334 e. The number of carbonyl (C=O) groups is 1. The SMILES string of the molecule is Cc1ccc2c(c1)CCN(C(=O)c1ccc3c(c1)ncn3C)C2. The molecule has 0 saturated heterocycles. The quantitative estimate of drug-likeness (QED) is 0.693. The fourth-order valence-corrected chi connectivity index (χ4v) is 3.31. The molecular formula is C19H19N3O. The van der Waals surface area contributed by atoms with Crippen molar-refractivity contribution < 1.29 is 4.79 Å². The van der Waals surface area contributed by atoms with Gasteiger partial charge in [-0.05, 0) is 42.7 Å². The highest BCUT2D eigenvalue weighted by Crippen LogP contribution is 2.22. The van der Waals surface area contributed by atoms with Gasteiger partial charge in [-0.2, -0.15) is 0 Å². The van der Waals surface area contributed by atoms with Crippen LogP contribution in [0.3, 0.4) is 0 Å². The van der Waals surface area contributed by atoms with Crippen molar-refractivity contribution in [1.82, 2.24) is 14.5 Å². The van der Waals surface area contributed by atoms with E-state index in [4.69, 9.17) is 0 Å². The largest absolute Gasteiger partial charge is 0.334 e. The number of nitrogens with zero attached hydrogens (tertiary/aromatic N) is 3. The number of fused-ring (bicyclic) bond motifs is 2. The van der Waals surface area contributed by atoms with Gasteiger partial charge in [-0.15, -0.1) is 0 Å². The predicted octanol–water partition coefficient (Wildman–Crippen LogP) is 3.08. The molecule has 0 atom stereocenters. The number of carbonyl (C=O) groups excluding carboxylic acids is 1. The number of hydrogen-bond acceptors (Lipinski definition) is 2. The topological polar surface area (TPSA) is 38.1 Å². The van der Waals surface area contributed by atoms with Crippen LogP contribution in [-0.4, -0.2) is 26.9 Å². The summed E-state index contributed by atoms with van der Waals surface area (Å²) in [6.07, 6.45) is 2.70. The number of benzene rings is 2. The maximum absolute atomic E-state index is 12.8.